The summed E-state index contributed by atoms with van der Waals surface area (Å²) in [6, 6.07) is 6.36. The van der Waals surface area contributed by atoms with Crippen molar-refractivity contribution in [1.82, 2.24) is 25.3 Å². The van der Waals surface area contributed by atoms with Gasteiger partial charge >= 0.3 is 0 Å². The number of rotatable bonds is 8. The van der Waals surface area contributed by atoms with Crippen molar-refractivity contribution in [2.24, 2.45) is 0 Å². The Hall–Kier alpha value is -3.72. The second-order valence-corrected chi connectivity index (χ2v) is 8.01. The number of aromatic nitrogens is 4. The van der Waals surface area contributed by atoms with Gasteiger partial charge in [0, 0.05) is 23.7 Å². The highest BCUT2D eigenvalue weighted by Crippen LogP contribution is 2.40. The van der Waals surface area contributed by atoms with Crippen molar-refractivity contribution in [3.63, 3.8) is 0 Å². The molecule has 8 nitrogen and oxygen atoms in total. The number of halogens is 2. The summed E-state index contributed by atoms with van der Waals surface area (Å²) in [4.78, 5) is 27.6. The number of hydrogen-bond acceptors (Lipinski definition) is 6. The predicted molar refractivity (Wildman–Crippen MR) is 130 cm³/mol. The van der Waals surface area contributed by atoms with Crippen LogP contribution in [0.5, 0.6) is 5.75 Å². The van der Waals surface area contributed by atoms with Gasteiger partial charge < -0.3 is 20.4 Å². The number of methoxy groups -OCH3 is 1. The quantitative estimate of drug-likeness (QED) is 0.340. The molecule has 0 bridgehead atoms. The van der Waals surface area contributed by atoms with Crippen LogP contribution < -0.4 is 15.4 Å². The van der Waals surface area contributed by atoms with Gasteiger partial charge in [-0.1, -0.05) is 17.7 Å². The van der Waals surface area contributed by atoms with E-state index >= 15 is 0 Å². The molecule has 3 N–H and O–H groups in total. The molecule has 4 rings (SSSR count). The third kappa shape index (κ3) is 4.51. The molecule has 0 radical (unpaired) electrons. The van der Waals surface area contributed by atoms with E-state index in [-0.39, 0.29) is 5.56 Å². The van der Waals surface area contributed by atoms with Gasteiger partial charge in [0.2, 0.25) is 0 Å². The van der Waals surface area contributed by atoms with Gasteiger partial charge in [0.15, 0.2) is 11.5 Å². The molecule has 0 unspecified atom stereocenters. The fraction of sp³-hybridized carbons (Fsp3) is 0.250. The summed E-state index contributed by atoms with van der Waals surface area (Å²) in [7, 11) is 1.57. The SMILES string of the molecule is CCNC(=O)c1ccc(-c2c(C)c(Cl)cc(CCNc3ncnc4nc[nH]c34)c2OC)cc1F. The maximum absolute atomic E-state index is 14.8. The minimum absolute atomic E-state index is 0.0105. The number of carbonyl (C=O) groups is 1. The Morgan fingerprint density at radius 1 is 1.24 bits per heavy atom. The van der Waals surface area contributed by atoms with Crippen molar-refractivity contribution >= 4 is 34.5 Å². The van der Waals surface area contributed by atoms with E-state index in [9.17, 15) is 9.18 Å². The molecule has 0 aliphatic carbocycles. The number of aromatic amines is 1. The van der Waals surface area contributed by atoms with Crippen LogP contribution in [0.3, 0.4) is 0 Å². The predicted octanol–water partition coefficient (Wildman–Crippen LogP) is 4.53. The number of hydrogen-bond donors (Lipinski definition) is 3. The Balaban J connectivity index is 1.64. The number of fused-ring (bicyclic) bond motifs is 1. The first kappa shape index (κ1) is 23.4. The monoisotopic (exact) mass is 482 g/mol. The molecule has 0 saturated heterocycles. The molecule has 0 spiro atoms. The van der Waals surface area contributed by atoms with E-state index in [1.165, 1.54) is 18.5 Å². The fourth-order valence-electron chi connectivity index (χ4n) is 3.87. The summed E-state index contributed by atoms with van der Waals surface area (Å²) < 4.78 is 20.6. The Bertz CT molecular complexity index is 1360. The van der Waals surface area contributed by atoms with Gasteiger partial charge in [-0.3, -0.25) is 4.79 Å². The Labute approximate surface area is 200 Å². The van der Waals surface area contributed by atoms with E-state index in [1.54, 1.807) is 26.4 Å². The average molecular weight is 483 g/mol. The van der Waals surface area contributed by atoms with E-state index in [1.807, 2.05) is 13.0 Å². The van der Waals surface area contributed by atoms with Crippen molar-refractivity contribution in [2.45, 2.75) is 20.3 Å². The van der Waals surface area contributed by atoms with Gasteiger partial charge in [-0.15, -0.1) is 0 Å². The van der Waals surface area contributed by atoms with Crippen molar-refractivity contribution in [3.8, 4) is 16.9 Å². The molecule has 0 aliphatic heterocycles. The molecule has 2 heterocycles. The standard InChI is InChI=1S/C24H24ClFN6O2/c1-4-27-24(33)16-6-5-14(10-18(16)26)19-13(2)17(25)9-15(21(19)34-3)7-8-28-22-20-23(30-11-29-20)32-12-31-22/h5-6,9-12H,4,7-8H2,1-3H3,(H,27,33)(H2,28,29,30,31,32). The van der Waals surface area contributed by atoms with Crippen molar-refractivity contribution in [3.05, 3.63) is 64.5 Å². The van der Waals surface area contributed by atoms with Crippen LogP contribution in [0.4, 0.5) is 10.2 Å². The Morgan fingerprint density at radius 3 is 2.79 bits per heavy atom. The summed E-state index contributed by atoms with van der Waals surface area (Å²) >= 11 is 6.55. The van der Waals surface area contributed by atoms with Gasteiger partial charge in [0.25, 0.3) is 5.91 Å². The molecule has 0 saturated carbocycles. The third-order valence-corrected chi connectivity index (χ3v) is 5.90. The normalized spacial score (nSPS) is 11.0. The minimum atomic E-state index is -0.611. The van der Waals surface area contributed by atoms with Crippen LogP contribution in [0, 0.1) is 12.7 Å². The number of carbonyl (C=O) groups excluding carboxylic acids is 1. The first-order valence-electron chi connectivity index (χ1n) is 10.8. The molecule has 176 valence electrons. The zero-order valence-corrected chi connectivity index (χ0v) is 19.8. The number of nitrogens with one attached hydrogen (secondary N) is 3. The van der Waals surface area contributed by atoms with E-state index in [2.05, 4.69) is 30.6 Å². The van der Waals surface area contributed by atoms with Crippen LogP contribution in [-0.4, -0.2) is 46.0 Å². The van der Waals surface area contributed by atoms with Crippen LogP contribution in [0.25, 0.3) is 22.3 Å². The van der Waals surface area contributed by atoms with Crippen molar-refractivity contribution in [1.29, 1.82) is 0 Å². The third-order valence-electron chi connectivity index (χ3n) is 5.51. The molecule has 0 aliphatic rings. The summed E-state index contributed by atoms with van der Waals surface area (Å²) in [5.41, 5.74) is 4.16. The van der Waals surface area contributed by atoms with Crippen LogP contribution in [0.2, 0.25) is 5.02 Å². The van der Waals surface area contributed by atoms with E-state index in [0.29, 0.717) is 52.9 Å². The Kier molecular flexibility index (Phi) is 6.93. The summed E-state index contributed by atoms with van der Waals surface area (Å²) in [5, 5.41) is 6.43. The number of amides is 1. The van der Waals surface area contributed by atoms with Crippen LogP contribution in [0.1, 0.15) is 28.4 Å². The largest absolute Gasteiger partial charge is 0.496 e. The molecule has 2 aromatic heterocycles. The highest BCUT2D eigenvalue weighted by molar-refractivity contribution is 6.32. The van der Waals surface area contributed by atoms with Crippen molar-refractivity contribution in [2.75, 3.05) is 25.5 Å². The van der Waals surface area contributed by atoms with Crippen LogP contribution in [0.15, 0.2) is 36.9 Å². The first-order valence-corrected chi connectivity index (χ1v) is 11.1. The average Bonchev–Trinajstić information content (AvgIpc) is 3.31. The van der Waals surface area contributed by atoms with Crippen molar-refractivity contribution < 1.29 is 13.9 Å². The maximum Gasteiger partial charge on any atom is 0.254 e. The fourth-order valence-corrected chi connectivity index (χ4v) is 4.09. The van der Waals surface area contributed by atoms with Gasteiger partial charge in [-0.05, 0) is 55.2 Å². The van der Waals surface area contributed by atoms with Gasteiger partial charge in [-0.25, -0.2) is 19.3 Å². The summed E-state index contributed by atoms with van der Waals surface area (Å²) in [6.45, 7) is 4.58. The molecule has 10 heteroatoms. The van der Waals surface area contributed by atoms with Gasteiger partial charge in [0.1, 0.15) is 23.4 Å². The molecule has 1 amide bonds. The topological polar surface area (TPSA) is 105 Å². The number of nitrogens with zero attached hydrogens (tertiary/aromatic N) is 3. The number of H-pyrrole nitrogens is 1. The van der Waals surface area contributed by atoms with E-state index in [0.717, 1.165) is 16.6 Å². The summed E-state index contributed by atoms with van der Waals surface area (Å²) in [6.07, 6.45) is 3.58. The van der Waals surface area contributed by atoms with E-state index < -0.39 is 11.7 Å². The van der Waals surface area contributed by atoms with Crippen LogP contribution >= 0.6 is 11.6 Å². The molecule has 2 aromatic carbocycles. The first-order chi connectivity index (χ1) is 16.4. The van der Waals surface area contributed by atoms with Gasteiger partial charge in [0.05, 0.1) is 19.0 Å². The summed E-state index contributed by atoms with van der Waals surface area (Å²) in [5.74, 6) is 0.177. The number of benzene rings is 2. The van der Waals surface area contributed by atoms with Gasteiger partial charge in [-0.2, -0.15) is 0 Å². The van der Waals surface area contributed by atoms with Crippen LogP contribution in [-0.2, 0) is 6.42 Å². The lowest BCUT2D eigenvalue weighted by Gasteiger charge is -2.19. The lowest BCUT2D eigenvalue weighted by molar-refractivity contribution is 0.0952. The zero-order valence-electron chi connectivity index (χ0n) is 19.0. The molecular weight excluding hydrogens is 459 g/mol. The maximum atomic E-state index is 14.8. The number of imidazole rings is 1. The number of ether oxygens (including phenoxy) is 1. The molecule has 0 atom stereocenters. The minimum Gasteiger partial charge on any atom is -0.496 e. The highest BCUT2D eigenvalue weighted by Gasteiger charge is 2.20. The lowest BCUT2D eigenvalue weighted by Crippen LogP contribution is -2.23. The smallest absolute Gasteiger partial charge is 0.254 e. The second-order valence-electron chi connectivity index (χ2n) is 7.61. The highest BCUT2D eigenvalue weighted by atomic mass is 35.5. The van der Waals surface area contributed by atoms with E-state index in [4.69, 9.17) is 16.3 Å². The molecule has 0 fully saturated rings. The Morgan fingerprint density at radius 2 is 2.06 bits per heavy atom. The molecule has 34 heavy (non-hydrogen) atoms. The second kappa shape index (κ2) is 10.0. The zero-order chi connectivity index (χ0) is 24.2. The number of anilines is 1. The molecule has 4 aromatic rings. The molecular formula is C24H24ClFN6O2. The lowest BCUT2D eigenvalue weighted by atomic mass is 9.94.